The van der Waals surface area contributed by atoms with Crippen LogP contribution in [0.15, 0.2) is 158 Å². The van der Waals surface area contributed by atoms with Gasteiger partial charge in [-0.3, -0.25) is 0 Å². The second-order valence-electron chi connectivity index (χ2n) is 11.7. The van der Waals surface area contributed by atoms with E-state index in [9.17, 15) is 0 Å². The summed E-state index contributed by atoms with van der Waals surface area (Å²) in [6.45, 7) is 0. The van der Waals surface area contributed by atoms with Gasteiger partial charge >= 0.3 is 0 Å². The SMILES string of the molecule is c1ccc(-n2c3ccccc3c3cc(-n4c5ccccc5c5c6c7ccccc7ccc6c6ccccc6c54)ccc32)cc1. The number of fused-ring (bicyclic) bond motifs is 13. The largest absolute Gasteiger partial charge is 0.309 e. The monoisotopic (exact) mass is 558 g/mol. The van der Waals surface area contributed by atoms with Gasteiger partial charge in [-0.2, -0.15) is 0 Å². The van der Waals surface area contributed by atoms with E-state index < -0.39 is 0 Å². The third kappa shape index (κ3) is 3.09. The summed E-state index contributed by atoms with van der Waals surface area (Å²) in [7, 11) is 0. The molecule has 2 aromatic heterocycles. The van der Waals surface area contributed by atoms with Gasteiger partial charge in [-0.1, -0.05) is 115 Å². The van der Waals surface area contributed by atoms with Crippen molar-refractivity contribution in [2.24, 2.45) is 0 Å². The molecule has 0 saturated carbocycles. The average molecular weight is 559 g/mol. The fourth-order valence-electron chi connectivity index (χ4n) is 7.66. The first-order chi connectivity index (χ1) is 21.9. The first kappa shape index (κ1) is 23.7. The summed E-state index contributed by atoms with van der Waals surface area (Å²) in [5.74, 6) is 0. The van der Waals surface area contributed by atoms with Crippen molar-refractivity contribution < 1.29 is 0 Å². The molecule has 2 nitrogen and oxygen atoms in total. The van der Waals surface area contributed by atoms with Crippen molar-refractivity contribution in [3.8, 4) is 11.4 Å². The fourth-order valence-corrected chi connectivity index (χ4v) is 7.66. The molecule has 10 rings (SSSR count). The van der Waals surface area contributed by atoms with E-state index in [1.165, 1.54) is 87.3 Å². The predicted octanol–water partition coefficient (Wildman–Crippen LogP) is 11.3. The summed E-state index contributed by atoms with van der Waals surface area (Å²) in [5, 5.41) is 12.9. The topological polar surface area (TPSA) is 9.86 Å². The van der Waals surface area contributed by atoms with E-state index in [0.717, 1.165) is 0 Å². The predicted molar refractivity (Wildman–Crippen MR) is 188 cm³/mol. The Labute approximate surface area is 253 Å². The molecule has 0 bridgehead atoms. The van der Waals surface area contributed by atoms with Gasteiger partial charge in [0.2, 0.25) is 0 Å². The highest BCUT2D eigenvalue weighted by Crippen LogP contribution is 2.45. The van der Waals surface area contributed by atoms with E-state index in [2.05, 4.69) is 167 Å². The number of hydrogen-bond donors (Lipinski definition) is 0. The Kier molecular flexibility index (Phi) is 4.75. The molecule has 0 N–H and O–H groups in total. The molecule has 0 radical (unpaired) electrons. The van der Waals surface area contributed by atoms with Crippen LogP contribution in [0.3, 0.4) is 0 Å². The zero-order valence-electron chi connectivity index (χ0n) is 23.9. The van der Waals surface area contributed by atoms with Crippen molar-refractivity contribution >= 4 is 75.9 Å². The Bertz CT molecular complexity index is 2760. The Morgan fingerprint density at radius 2 is 0.909 bits per heavy atom. The molecule has 44 heavy (non-hydrogen) atoms. The molecular formula is C42H26N2. The van der Waals surface area contributed by atoms with Crippen molar-refractivity contribution in [3.63, 3.8) is 0 Å². The van der Waals surface area contributed by atoms with Gasteiger partial charge in [0.25, 0.3) is 0 Å². The molecule has 0 amide bonds. The Balaban J connectivity index is 1.41. The van der Waals surface area contributed by atoms with Crippen molar-refractivity contribution in [1.29, 1.82) is 0 Å². The Morgan fingerprint density at radius 3 is 1.73 bits per heavy atom. The lowest BCUT2D eigenvalue weighted by atomic mass is 9.93. The maximum atomic E-state index is 2.50. The van der Waals surface area contributed by atoms with Crippen LogP contribution < -0.4 is 0 Å². The molecule has 2 heteroatoms. The minimum Gasteiger partial charge on any atom is -0.309 e. The number of para-hydroxylation sites is 3. The highest BCUT2D eigenvalue weighted by atomic mass is 15.0. The second-order valence-corrected chi connectivity index (χ2v) is 11.7. The number of aromatic nitrogens is 2. The molecule has 0 atom stereocenters. The van der Waals surface area contributed by atoms with Crippen LogP contribution in [0.25, 0.3) is 87.3 Å². The van der Waals surface area contributed by atoms with Crippen molar-refractivity contribution in [2.75, 3.05) is 0 Å². The van der Waals surface area contributed by atoms with E-state index in [1.54, 1.807) is 0 Å². The minimum absolute atomic E-state index is 1.17. The van der Waals surface area contributed by atoms with Crippen LogP contribution in [0, 0.1) is 0 Å². The lowest BCUT2D eigenvalue weighted by Gasteiger charge is -2.14. The van der Waals surface area contributed by atoms with Crippen LogP contribution in [0.5, 0.6) is 0 Å². The molecule has 0 spiro atoms. The molecule has 0 fully saturated rings. The summed E-state index contributed by atoms with van der Waals surface area (Å²) < 4.78 is 4.89. The molecule has 8 aromatic carbocycles. The minimum atomic E-state index is 1.17. The summed E-state index contributed by atoms with van der Waals surface area (Å²) in [5.41, 5.74) is 7.26. The smallest absolute Gasteiger partial charge is 0.0626 e. The summed E-state index contributed by atoms with van der Waals surface area (Å²) >= 11 is 0. The third-order valence-electron chi connectivity index (χ3n) is 9.45. The standard InChI is InChI=1S/C42H26N2/c1-2-13-28(14-3-1)43-37-20-10-8-17-32(37)36-26-29(23-25-39(36)43)44-38-21-11-9-19-35(38)41-40-30-15-5-4-12-27(30)22-24-33(40)31-16-6-7-18-34(31)42(41)44/h1-26H. The molecular weight excluding hydrogens is 532 g/mol. The van der Waals surface area contributed by atoms with Crippen LogP contribution >= 0.6 is 0 Å². The second kappa shape index (κ2) is 8.82. The summed E-state index contributed by atoms with van der Waals surface area (Å²) in [6, 6.07) is 57.7. The maximum absolute atomic E-state index is 2.50. The van der Waals surface area contributed by atoms with Gasteiger partial charge < -0.3 is 9.13 Å². The van der Waals surface area contributed by atoms with Crippen LogP contribution in [0.1, 0.15) is 0 Å². The Morgan fingerprint density at radius 1 is 0.295 bits per heavy atom. The van der Waals surface area contributed by atoms with E-state index in [1.807, 2.05) is 0 Å². The molecule has 2 heterocycles. The van der Waals surface area contributed by atoms with Gasteiger partial charge in [-0.25, -0.2) is 0 Å². The molecule has 0 saturated heterocycles. The van der Waals surface area contributed by atoms with Crippen LogP contribution in [-0.2, 0) is 0 Å². The van der Waals surface area contributed by atoms with Crippen LogP contribution in [-0.4, -0.2) is 9.13 Å². The van der Waals surface area contributed by atoms with Crippen LogP contribution in [0.4, 0.5) is 0 Å². The number of rotatable bonds is 2. The first-order valence-corrected chi connectivity index (χ1v) is 15.2. The zero-order chi connectivity index (χ0) is 28.8. The summed E-state index contributed by atoms with van der Waals surface area (Å²) in [4.78, 5) is 0. The number of nitrogens with zero attached hydrogens (tertiary/aromatic N) is 2. The lowest BCUT2D eigenvalue weighted by Crippen LogP contribution is -1.96. The quantitative estimate of drug-likeness (QED) is 0.187. The van der Waals surface area contributed by atoms with E-state index in [4.69, 9.17) is 0 Å². The highest BCUT2D eigenvalue weighted by Gasteiger charge is 2.21. The highest BCUT2D eigenvalue weighted by molar-refractivity contribution is 6.36. The fraction of sp³-hybridized carbons (Fsp3) is 0. The van der Waals surface area contributed by atoms with Crippen molar-refractivity contribution in [1.82, 2.24) is 9.13 Å². The number of hydrogen-bond acceptors (Lipinski definition) is 0. The molecule has 0 unspecified atom stereocenters. The Hall–Kier alpha value is -5.86. The lowest BCUT2D eigenvalue weighted by molar-refractivity contribution is 1.17. The van der Waals surface area contributed by atoms with E-state index >= 15 is 0 Å². The average Bonchev–Trinajstić information content (AvgIpc) is 3.62. The van der Waals surface area contributed by atoms with Crippen molar-refractivity contribution in [3.05, 3.63) is 158 Å². The van der Waals surface area contributed by atoms with Gasteiger partial charge in [-0.05, 0) is 64.0 Å². The number of benzene rings is 8. The summed E-state index contributed by atoms with van der Waals surface area (Å²) in [6.07, 6.45) is 0. The van der Waals surface area contributed by atoms with E-state index in [-0.39, 0.29) is 0 Å². The van der Waals surface area contributed by atoms with Gasteiger partial charge in [0, 0.05) is 43.7 Å². The van der Waals surface area contributed by atoms with Crippen LogP contribution in [0.2, 0.25) is 0 Å². The van der Waals surface area contributed by atoms with Gasteiger partial charge in [0.1, 0.15) is 0 Å². The molecule has 0 aliphatic rings. The molecule has 0 aliphatic heterocycles. The van der Waals surface area contributed by atoms with Gasteiger partial charge in [0.05, 0.1) is 22.1 Å². The van der Waals surface area contributed by atoms with Gasteiger partial charge in [0.15, 0.2) is 0 Å². The molecule has 0 aliphatic carbocycles. The van der Waals surface area contributed by atoms with Crippen molar-refractivity contribution in [2.45, 2.75) is 0 Å². The normalized spacial score (nSPS) is 12.1. The molecule has 10 aromatic rings. The first-order valence-electron chi connectivity index (χ1n) is 15.2. The van der Waals surface area contributed by atoms with E-state index in [0.29, 0.717) is 0 Å². The maximum Gasteiger partial charge on any atom is 0.0626 e. The third-order valence-corrected chi connectivity index (χ3v) is 9.45. The molecule has 204 valence electrons. The zero-order valence-corrected chi connectivity index (χ0v) is 23.9. The van der Waals surface area contributed by atoms with Gasteiger partial charge in [-0.15, -0.1) is 0 Å².